The van der Waals surface area contributed by atoms with E-state index in [4.69, 9.17) is 8.83 Å². The molecule has 1 amide bonds. The smallest absolute Gasteiger partial charge is 0.247 e. The van der Waals surface area contributed by atoms with Gasteiger partial charge in [0.15, 0.2) is 0 Å². The maximum absolute atomic E-state index is 12.2. The van der Waals surface area contributed by atoms with Gasteiger partial charge < -0.3 is 13.7 Å². The topological polar surface area (TPSA) is 46.6 Å². The first kappa shape index (κ1) is 14.2. The van der Waals surface area contributed by atoms with Crippen LogP contribution in [0.25, 0.3) is 17.0 Å². The SMILES string of the molecule is CC(c1cc2ccccc2o1)N(C)C(=O)/C=C/c1ccco1. The molecule has 0 spiro atoms. The molecular formula is C18H17NO3. The Hall–Kier alpha value is -2.75. The van der Waals surface area contributed by atoms with Crippen LogP contribution in [0.3, 0.4) is 0 Å². The van der Waals surface area contributed by atoms with E-state index in [-0.39, 0.29) is 11.9 Å². The Morgan fingerprint density at radius 1 is 1.23 bits per heavy atom. The van der Waals surface area contributed by atoms with Gasteiger partial charge in [0.05, 0.1) is 12.3 Å². The lowest BCUT2D eigenvalue weighted by Crippen LogP contribution is -2.27. The van der Waals surface area contributed by atoms with E-state index in [2.05, 4.69) is 0 Å². The van der Waals surface area contributed by atoms with E-state index < -0.39 is 0 Å². The van der Waals surface area contributed by atoms with Gasteiger partial charge >= 0.3 is 0 Å². The molecule has 0 bridgehead atoms. The Labute approximate surface area is 128 Å². The molecule has 3 aromatic rings. The summed E-state index contributed by atoms with van der Waals surface area (Å²) in [7, 11) is 1.76. The van der Waals surface area contributed by atoms with Crippen LogP contribution >= 0.6 is 0 Å². The number of likely N-dealkylation sites (N-methyl/N-ethyl adjacent to an activating group) is 1. The molecule has 0 fully saturated rings. The van der Waals surface area contributed by atoms with Crippen molar-refractivity contribution in [3.8, 4) is 0 Å². The molecule has 4 heteroatoms. The van der Waals surface area contributed by atoms with Gasteiger partial charge in [-0.3, -0.25) is 4.79 Å². The molecule has 1 unspecified atom stereocenters. The lowest BCUT2D eigenvalue weighted by molar-refractivity contribution is -0.126. The Kier molecular flexibility index (Phi) is 3.83. The highest BCUT2D eigenvalue weighted by atomic mass is 16.3. The first-order valence-electron chi connectivity index (χ1n) is 7.12. The van der Waals surface area contributed by atoms with Gasteiger partial charge in [-0.2, -0.15) is 0 Å². The maximum atomic E-state index is 12.2. The van der Waals surface area contributed by atoms with E-state index in [1.807, 2.05) is 37.3 Å². The number of rotatable bonds is 4. The second kappa shape index (κ2) is 5.93. The van der Waals surface area contributed by atoms with Gasteiger partial charge in [-0.15, -0.1) is 0 Å². The summed E-state index contributed by atoms with van der Waals surface area (Å²) in [6, 6.07) is 13.2. The van der Waals surface area contributed by atoms with Crippen LogP contribution in [0, 0.1) is 0 Å². The van der Waals surface area contributed by atoms with Crippen LogP contribution in [0.4, 0.5) is 0 Å². The molecule has 3 rings (SSSR count). The zero-order valence-corrected chi connectivity index (χ0v) is 12.5. The van der Waals surface area contributed by atoms with Crippen LogP contribution in [0.2, 0.25) is 0 Å². The van der Waals surface area contributed by atoms with Gasteiger partial charge in [-0.25, -0.2) is 0 Å². The average molecular weight is 295 g/mol. The molecule has 22 heavy (non-hydrogen) atoms. The lowest BCUT2D eigenvalue weighted by atomic mass is 10.2. The Morgan fingerprint density at radius 2 is 2.05 bits per heavy atom. The van der Waals surface area contributed by atoms with Crippen molar-refractivity contribution in [1.29, 1.82) is 0 Å². The highest BCUT2D eigenvalue weighted by Crippen LogP contribution is 2.26. The minimum Gasteiger partial charge on any atom is -0.465 e. The monoisotopic (exact) mass is 295 g/mol. The van der Waals surface area contributed by atoms with Crippen molar-refractivity contribution in [2.45, 2.75) is 13.0 Å². The largest absolute Gasteiger partial charge is 0.465 e. The normalized spacial score (nSPS) is 12.8. The van der Waals surface area contributed by atoms with Crippen LogP contribution < -0.4 is 0 Å². The number of furan rings is 2. The molecule has 2 heterocycles. The van der Waals surface area contributed by atoms with E-state index in [1.54, 1.807) is 36.4 Å². The van der Waals surface area contributed by atoms with E-state index >= 15 is 0 Å². The summed E-state index contributed by atoms with van der Waals surface area (Å²) in [5.41, 5.74) is 0.830. The number of nitrogens with zero attached hydrogens (tertiary/aromatic N) is 1. The fourth-order valence-electron chi connectivity index (χ4n) is 2.25. The first-order chi connectivity index (χ1) is 10.6. The van der Waals surface area contributed by atoms with Crippen molar-refractivity contribution >= 4 is 23.0 Å². The number of carbonyl (C=O) groups excluding carboxylic acids is 1. The molecule has 2 aromatic heterocycles. The Morgan fingerprint density at radius 3 is 2.77 bits per heavy atom. The molecule has 112 valence electrons. The molecule has 4 nitrogen and oxygen atoms in total. The third kappa shape index (κ3) is 2.81. The average Bonchev–Trinajstić information content (AvgIpc) is 3.19. The maximum Gasteiger partial charge on any atom is 0.247 e. The van der Waals surface area contributed by atoms with Crippen LogP contribution in [-0.4, -0.2) is 17.9 Å². The predicted molar refractivity (Wildman–Crippen MR) is 85.1 cm³/mol. The zero-order chi connectivity index (χ0) is 15.5. The second-order valence-corrected chi connectivity index (χ2v) is 5.16. The number of fused-ring (bicyclic) bond motifs is 1. The minimum atomic E-state index is -0.152. The van der Waals surface area contributed by atoms with Crippen molar-refractivity contribution in [1.82, 2.24) is 4.90 Å². The molecule has 1 atom stereocenters. The van der Waals surface area contributed by atoms with Gasteiger partial charge in [0.25, 0.3) is 0 Å². The number of amides is 1. The standard InChI is InChI=1S/C18H17NO3/c1-13(17-12-14-6-3-4-8-16(14)22-17)19(2)18(20)10-9-15-7-5-11-21-15/h3-13H,1-2H3/b10-9+. The number of hydrogen-bond acceptors (Lipinski definition) is 3. The van der Waals surface area contributed by atoms with Crippen molar-refractivity contribution in [2.24, 2.45) is 0 Å². The molecule has 0 radical (unpaired) electrons. The van der Waals surface area contributed by atoms with Crippen molar-refractivity contribution in [2.75, 3.05) is 7.05 Å². The number of hydrogen-bond donors (Lipinski definition) is 0. The van der Waals surface area contributed by atoms with E-state index in [0.29, 0.717) is 5.76 Å². The summed E-state index contributed by atoms with van der Waals surface area (Å²) in [5, 5.41) is 1.04. The van der Waals surface area contributed by atoms with Gasteiger partial charge in [-0.1, -0.05) is 18.2 Å². The van der Waals surface area contributed by atoms with Gasteiger partial charge in [-0.05, 0) is 37.3 Å². The summed E-state index contributed by atoms with van der Waals surface area (Å²) in [6.45, 7) is 1.94. The molecule has 1 aromatic carbocycles. The van der Waals surface area contributed by atoms with Gasteiger partial charge in [0.2, 0.25) is 5.91 Å². The number of para-hydroxylation sites is 1. The molecule has 0 N–H and O–H groups in total. The fraction of sp³-hybridized carbons (Fsp3) is 0.167. The minimum absolute atomic E-state index is 0.107. The van der Waals surface area contributed by atoms with Crippen molar-refractivity contribution < 1.29 is 13.6 Å². The quantitative estimate of drug-likeness (QED) is 0.676. The zero-order valence-electron chi connectivity index (χ0n) is 12.5. The molecule has 0 saturated carbocycles. The van der Waals surface area contributed by atoms with Crippen LogP contribution in [0.5, 0.6) is 0 Å². The predicted octanol–water partition coefficient (Wildman–Crippen LogP) is 4.26. The number of benzene rings is 1. The fourth-order valence-corrected chi connectivity index (χ4v) is 2.25. The van der Waals surface area contributed by atoms with Crippen molar-refractivity contribution in [3.63, 3.8) is 0 Å². The van der Waals surface area contributed by atoms with Gasteiger partial charge in [0.1, 0.15) is 17.1 Å². The highest BCUT2D eigenvalue weighted by Gasteiger charge is 2.19. The summed E-state index contributed by atoms with van der Waals surface area (Å²) in [5.74, 6) is 1.31. The highest BCUT2D eigenvalue weighted by molar-refractivity contribution is 5.91. The third-order valence-corrected chi connectivity index (χ3v) is 3.72. The number of carbonyl (C=O) groups is 1. The first-order valence-corrected chi connectivity index (χ1v) is 7.12. The summed E-state index contributed by atoms with van der Waals surface area (Å²) in [6.07, 6.45) is 4.73. The molecule has 0 aliphatic heterocycles. The second-order valence-electron chi connectivity index (χ2n) is 5.16. The molecule has 0 saturated heterocycles. The summed E-state index contributed by atoms with van der Waals surface area (Å²) >= 11 is 0. The van der Waals surface area contributed by atoms with Crippen LogP contribution in [0.15, 0.2) is 63.6 Å². The molecule has 0 aliphatic rings. The van der Waals surface area contributed by atoms with E-state index in [9.17, 15) is 4.79 Å². The summed E-state index contributed by atoms with van der Waals surface area (Å²) < 4.78 is 11.0. The van der Waals surface area contributed by atoms with E-state index in [0.717, 1.165) is 16.7 Å². The van der Waals surface area contributed by atoms with Crippen LogP contribution in [0.1, 0.15) is 24.5 Å². The van der Waals surface area contributed by atoms with Crippen molar-refractivity contribution in [3.05, 3.63) is 66.3 Å². The van der Waals surface area contributed by atoms with Crippen LogP contribution in [-0.2, 0) is 4.79 Å². The third-order valence-electron chi connectivity index (χ3n) is 3.72. The Balaban J connectivity index is 1.75. The van der Waals surface area contributed by atoms with Gasteiger partial charge in [0, 0.05) is 18.5 Å². The van der Waals surface area contributed by atoms with E-state index in [1.165, 1.54) is 6.08 Å². The molecular weight excluding hydrogens is 278 g/mol. The lowest BCUT2D eigenvalue weighted by Gasteiger charge is -2.21. The summed E-state index contributed by atoms with van der Waals surface area (Å²) in [4.78, 5) is 13.9. The Bertz CT molecular complexity index is 766. The molecule has 0 aliphatic carbocycles.